The Kier molecular flexibility index (Phi) is 1.07. The molecule has 0 unspecified atom stereocenters. The lowest BCUT2D eigenvalue weighted by atomic mass is 9.97. The first-order valence-corrected chi connectivity index (χ1v) is 2.25. The van der Waals surface area contributed by atoms with Crippen molar-refractivity contribution in [1.82, 2.24) is 0 Å². The minimum Gasteiger partial charge on any atom is -0.538 e. The van der Waals surface area contributed by atoms with Gasteiger partial charge in [0, 0.05) is 0 Å². The first-order valence-electron chi connectivity index (χ1n) is 2.25. The van der Waals surface area contributed by atoms with Gasteiger partial charge >= 0.3 is 7.12 Å². The van der Waals surface area contributed by atoms with Gasteiger partial charge in [-0.3, -0.25) is 0 Å². The maximum atomic E-state index is 4.94. The molecule has 1 aliphatic rings. The Hall–Kier alpha value is -0.435. The van der Waals surface area contributed by atoms with Crippen molar-refractivity contribution >= 4 is 7.12 Å². The van der Waals surface area contributed by atoms with Gasteiger partial charge in [-0.1, -0.05) is 6.58 Å². The van der Waals surface area contributed by atoms with Crippen LogP contribution in [0.5, 0.6) is 0 Å². The van der Waals surface area contributed by atoms with Gasteiger partial charge in [-0.25, -0.2) is 0 Å². The number of hydrogen-bond donors (Lipinski definition) is 0. The van der Waals surface area contributed by atoms with Crippen LogP contribution in [0.1, 0.15) is 0 Å². The van der Waals surface area contributed by atoms with Crippen molar-refractivity contribution in [2.75, 3.05) is 6.61 Å². The summed E-state index contributed by atoms with van der Waals surface area (Å²) < 4.78 is 9.89. The van der Waals surface area contributed by atoms with Crippen LogP contribution >= 0.6 is 0 Å². The molecule has 3 heteroatoms. The standard InChI is InChI=1S/C4H7BO2/c1-4-3-6-5(2)7-4/h1,3H2,2H3. The molecule has 1 heterocycles. The Morgan fingerprint density at radius 3 is 2.71 bits per heavy atom. The molecule has 1 fully saturated rings. The van der Waals surface area contributed by atoms with Gasteiger partial charge in [-0.05, 0) is 6.82 Å². The zero-order valence-corrected chi connectivity index (χ0v) is 4.31. The minimum atomic E-state index is -0.0764. The van der Waals surface area contributed by atoms with E-state index in [-0.39, 0.29) is 7.12 Å². The Labute approximate surface area is 43.3 Å². The summed E-state index contributed by atoms with van der Waals surface area (Å²) in [5.41, 5.74) is 0. The monoisotopic (exact) mass is 98.1 g/mol. The zero-order valence-electron chi connectivity index (χ0n) is 4.31. The summed E-state index contributed by atoms with van der Waals surface area (Å²) in [4.78, 5) is 0. The average molecular weight is 97.9 g/mol. The summed E-state index contributed by atoms with van der Waals surface area (Å²) in [6.07, 6.45) is 0. The van der Waals surface area contributed by atoms with Gasteiger partial charge in [0.1, 0.15) is 0 Å². The molecule has 0 spiro atoms. The fourth-order valence-corrected chi connectivity index (χ4v) is 0.513. The van der Waals surface area contributed by atoms with Crippen LogP contribution in [-0.4, -0.2) is 13.7 Å². The molecular formula is C4H7BO2. The average Bonchev–Trinajstić information content (AvgIpc) is 1.87. The van der Waals surface area contributed by atoms with E-state index < -0.39 is 0 Å². The van der Waals surface area contributed by atoms with Crippen molar-refractivity contribution in [3.05, 3.63) is 12.3 Å². The molecule has 1 rings (SSSR count). The van der Waals surface area contributed by atoms with Crippen LogP contribution in [0.2, 0.25) is 6.82 Å². The molecule has 0 aromatic heterocycles. The van der Waals surface area contributed by atoms with E-state index in [9.17, 15) is 0 Å². The largest absolute Gasteiger partial charge is 0.538 e. The quantitative estimate of drug-likeness (QED) is 0.414. The topological polar surface area (TPSA) is 18.5 Å². The summed E-state index contributed by atoms with van der Waals surface area (Å²) in [7, 11) is -0.0764. The smallest absolute Gasteiger partial charge is 0.522 e. The third-order valence-corrected chi connectivity index (χ3v) is 0.812. The molecule has 0 aromatic carbocycles. The lowest BCUT2D eigenvalue weighted by Gasteiger charge is -1.91. The maximum absolute atomic E-state index is 4.94. The van der Waals surface area contributed by atoms with Crippen LogP contribution in [0, 0.1) is 0 Å². The predicted molar refractivity (Wildman–Crippen MR) is 27.8 cm³/mol. The first kappa shape index (κ1) is 4.72. The third-order valence-electron chi connectivity index (χ3n) is 0.812. The summed E-state index contributed by atoms with van der Waals surface area (Å²) in [5, 5.41) is 0. The molecule has 0 saturated carbocycles. The molecule has 0 radical (unpaired) electrons. The second kappa shape index (κ2) is 1.58. The minimum absolute atomic E-state index is 0.0764. The third kappa shape index (κ3) is 0.964. The fourth-order valence-electron chi connectivity index (χ4n) is 0.513. The zero-order chi connectivity index (χ0) is 5.28. The number of hydrogen-bond acceptors (Lipinski definition) is 2. The Bertz CT molecular complexity index is 91.7. The highest BCUT2D eigenvalue weighted by Gasteiger charge is 2.19. The molecule has 0 N–H and O–H groups in total. The van der Waals surface area contributed by atoms with E-state index in [0.29, 0.717) is 6.61 Å². The maximum Gasteiger partial charge on any atom is 0.522 e. The van der Waals surface area contributed by atoms with Crippen molar-refractivity contribution in [3.8, 4) is 0 Å². The molecule has 38 valence electrons. The van der Waals surface area contributed by atoms with Crippen LogP contribution in [0.25, 0.3) is 0 Å². The van der Waals surface area contributed by atoms with Crippen molar-refractivity contribution < 1.29 is 9.31 Å². The summed E-state index contributed by atoms with van der Waals surface area (Å²) >= 11 is 0. The highest BCUT2D eigenvalue weighted by molar-refractivity contribution is 6.43. The van der Waals surface area contributed by atoms with E-state index in [1.54, 1.807) is 0 Å². The molecule has 0 atom stereocenters. The second-order valence-corrected chi connectivity index (χ2v) is 1.54. The van der Waals surface area contributed by atoms with Crippen molar-refractivity contribution in [1.29, 1.82) is 0 Å². The normalized spacial score (nSPS) is 20.1. The van der Waals surface area contributed by atoms with Gasteiger partial charge in [0.15, 0.2) is 0 Å². The fraction of sp³-hybridized carbons (Fsp3) is 0.500. The Morgan fingerprint density at radius 2 is 2.57 bits per heavy atom. The van der Waals surface area contributed by atoms with Crippen LogP contribution in [0.4, 0.5) is 0 Å². The summed E-state index contributed by atoms with van der Waals surface area (Å²) in [5.74, 6) is 0.729. The molecule has 0 aromatic rings. The van der Waals surface area contributed by atoms with Gasteiger partial charge in [0.05, 0.1) is 12.4 Å². The van der Waals surface area contributed by atoms with Gasteiger partial charge in [-0.2, -0.15) is 0 Å². The van der Waals surface area contributed by atoms with E-state index in [2.05, 4.69) is 6.58 Å². The Morgan fingerprint density at radius 1 is 1.86 bits per heavy atom. The van der Waals surface area contributed by atoms with E-state index in [0.717, 1.165) is 5.76 Å². The molecule has 2 nitrogen and oxygen atoms in total. The van der Waals surface area contributed by atoms with E-state index in [4.69, 9.17) is 9.31 Å². The van der Waals surface area contributed by atoms with E-state index in [1.165, 1.54) is 0 Å². The SMILES string of the molecule is C=C1COB(C)O1. The second-order valence-electron chi connectivity index (χ2n) is 1.54. The molecule has 1 saturated heterocycles. The van der Waals surface area contributed by atoms with Crippen LogP contribution in [0.3, 0.4) is 0 Å². The van der Waals surface area contributed by atoms with Crippen molar-refractivity contribution in [2.45, 2.75) is 6.82 Å². The lowest BCUT2D eigenvalue weighted by molar-refractivity contribution is 0.380. The van der Waals surface area contributed by atoms with Gasteiger partial charge in [0.2, 0.25) is 0 Å². The Balaban J connectivity index is 2.40. The summed E-state index contributed by atoms with van der Waals surface area (Å²) in [6, 6.07) is 0. The van der Waals surface area contributed by atoms with E-state index in [1.807, 2.05) is 6.82 Å². The molecule has 1 aliphatic heterocycles. The number of rotatable bonds is 0. The lowest BCUT2D eigenvalue weighted by Crippen LogP contribution is -2.05. The van der Waals surface area contributed by atoms with Gasteiger partial charge in [0.25, 0.3) is 0 Å². The first-order chi connectivity index (χ1) is 3.29. The van der Waals surface area contributed by atoms with Crippen molar-refractivity contribution in [2.24, 2.45) is 0 Å². The van der Waals surface area contributed by atoms with Gasteiger partial charge in [-0.15, -0.1) is 0 Å². The molecule has 0 amide bonds. The van der Waals surface area contributed by atoms with Gasteiger partial charge < -0.3 is 9.31 Å². The summed E-state index contributed by atoms with van der Waals surface area (Å²) in [6.45, 7) is 5.96. The highest BCUT2D eigenvalue weighted by Crippen LogP contribution is 2.07. The highest BCUT2D eigenvalue weighted by atomic mass is 16.6. The molecular weight excluding hydrogens is 90.9 g/mol. The van der Waals surface area contributed by atoms with Crippen LogP contribution in [-0.2, 0) is 9.31 Å². The molecule has 7 heavy (non-hydrogen) atoms. The van der Waals surface area contributed by atoms with Crippen LogP contribution in [0.15, 0.2) is 12.3 Å². The molecule has 0 aliphatic carbocycles. The predicted octanol–water partition coefficient (Wildman–Crippen LogP) is 0.665. The van der Waals surface area contributed by atoms with Crippen molar-refractivity contribution in [3.63, 3.8) is 0 Å². The molecule has 0 bridgehead atoms. The van der Waals surface area contributed by atoms with E-state index >= 15 is 0 Å². The van der Waals surface area contributed by atoms with Crippen LogP contribution < -0.4 is 0 Å².